The zero-order chi connectivity index (χ0) is 21.6. The van der Waals surface area contributed by atoms with Crippen molar-refractivity contribution in [2.24, 2.45) is 11.3 Å². The highest BCUT2D eigenvalue weighted by molar-refractivity contribution is 5.76. The van der Waals surface area contributed by atoms with Crippen molar-refractivity contribution in [3.8, 4) is 5.88 Å². The molecule has 0 unspecified atom stereocenters. The summed E-state index contributed by atoms with van der Waals surface area (Å²) in [5.74, 6) is 1.08. The molecule has 3 fully saturated rings. The number of ether oxygens (including phenoxy) is 1. The monoisotopic (exact) mass is 438 g/mol. The van der Waals surface area contributed by atoms with E-state index in [0.717, 1.165) is 56.7 Å². The third-order valence-electron chi connectivity index (χ3n) is 6.59. The standard InChI is InChI=1S/C20H23F3N6O2.H2/c21-20(22,23)31-16-2-1-13(8-24-16)5-14-6-19(7-14)10-29(11-19)18(30)28-4-3-15(9-28)17-25-12-26-27-17;/h1-2,8,12,14-15H,3-7,9-11H2,(H,25,26,27);1H/t15-;/m0./s1. The van der Waals surface area contributed by atoms with Crippen LogP contribution in [0, 0.1) is 11.3 Å². The van der Waals surface area contributed by atoms with E-state index in [9.17, 15) is 18.0 Å². The van der Waals surface area contributed by atoms with Gasteiger partial charge in [-0.2, -0.15) is 5.10 Å². The molecule has 4 heterocycles. The highest BCUT2D eigenvalue weighted by Crippen LogP contribution is 2.53. The predicted molar refractivity (Wildman–Crippen MR) is 104 cm³/mol. The molecule has 11 heteroatoms. The number of aromatic amines is 1. The van der Waals surface area contributed by atoms with Crippen molar-refractivity contribution in [3.05, 3.63) is 36.0 Å². The van der Waals surface area contributed by atoms with Crippen LogP contribution in [0.4, 0.5) is 18.0 Å². The number of hydrogen-bond donors (Lipinski definition) is 1. The minimum Gasteiger partial charge on any atom is -0.388 e. The second kappa shape index (κ2) is 7.38. The summed E-state index contributed by atoms with van der Waals surface area (Å²) in [5, 5.41) is 6.78. The van der Waals surface area contributed by atoms with Gasteiger partial charge in [0.2, 0.25) is 5.88 Å². The molecule has 0 aromatic carbocycles. The number of likely N-dealkylation sites (tertiary alicyclic amines) is 2. The van der Waals surface area contributed by atoms with Gasteiger partial charge in [-0.1, -0.05) is 6.07 Å². The predicted octanol–water partition coefficient (Wildman–Crippen LogP) is 3.21. The van der Waals surface area contributed by atoms with E-state index in [1.54, 1.807) is 6.07 Å². The lowest BCUT2D eigenvalue weighted by Gasteiger charge is -2.59. The molecule has 1 N–H and O–H groups in total. The second-order valence-electron chi connectivity index (χ2n) is 8.97. The van der Waals surface area contributed by atoms with E-state index in [1.807, 2.05) is 9.80 Å². The van der Waals surface area contributed by atoms with E-state index in [2.05, 4.69) is 24.9 Å². The molecule has 5 rings (SSSR count). The van der Waals surface area contributed by atoms with Crippen molar-refractivity contribution in [1.82, 2.24) is 30.0 Å². The molecule has 1 saturated carbocycles. The van der Waals surface area contributed by atoms with Crippen molar-refractivity contribution in [1.29, 1.82) is 0 Å². The van der Waals surface area contributed by atoms with Gasteiger partial charge in [0.25, 0.3) is 0 Å². The molecular weight excluding hydrogens is 413 g/mol. The fourth-order valence-corrected chi connectivity index (χ4v) is 5.28. The molecule has 1 spiro atoms. The Bertz CT molecular complexity index is 926. The number of alkyl halides is 3. The van der Waals surface area contributed by atoms with E-state index in [-0.39, 0.29) is 18.8 Å². The Morgan fingerprint density at radius 3 is 2.71 bits per heavy atom. The maximum Gasteiger partial charge on any atom is 0.574 e. The van der Waals surface area contributed by atoms with Gasteiger partial charge in [-0.25, -0.2) is 14.8 Å². The molecule has 0 radical (unpaired) electrons. The highest BCUT2D eigenvalue weighted by Gasteiger charge is 2.54. The summed E-state index contributed by atoms with van der Waals surface area (Å²) in [5.41, 5.74) is 1.11. The first-order valence-corrected chi connectivity index (χ1v) is 10.4. The molecule has 2 aromatic heterocycles. The van der Waals surface area contributed by atoms with Crippen LogP contribution in [0.5, 0.6) is 5.88 Å². The van der Waals surface area contributed by atoms with Crippen LogP contribution in [0.1, 0.15) is 38.0 Å². The fourth-order valence-electron chi connectivity index (χ4n) is 5.28. The molecule has 31 heavy (non-hydrogen) atoms. The number of urea groups is 1. The summed E-state index contributed by atoms with van der Waals surface area (Å²) >= 11 is 0. The van der Waals surface area contributed by atoms with Crippen molar-refractivity contribution < 1.29 is 24.1 Å². The first kappa shape index (κ1) is 20.1. The number of H-pyrrole nitrogens is 1. The Morgan fingerprint density at radius 2 is 2.06 bits per heavy atom. The zero-order valence-corrected chi connectivity index (χ0v) is 16.8. The molecule has 2 saturated heterocycles. The zero-order valence-electron chi connectivity index (χ0n) is 16.8. The van der Waals surface area contributed by atoms with Crippen molar-refractivity contribution in [3.63, 3.8) is 0 Å². The topological polar surface area (TPSA) is 87.2 Å². The lowest BCUT2D eigenvalue weighted by Crippen LogP contribution is -2.65. The Morgan fingerprint density at radius 1 is 1.26 bits per heavy atom. The molecule has 8 nitrogen and oxygen atoms in total. The Hall–Kier alpha value is -2.85. The number of halogens is 3. The number of rotatable bonds is 4. The Balaban J connectivity index is 0.00000245. The van der Waals surface area contributed by atoms with Gasteiger partial charge in [0.1, 0.15) is 12.2 Å². The van der Waals surface area contributed by atoms with E-state index < -0.39 is 12.2 Å². The molecule has 1 aliphatic carbocycles. The van der Waals surface area contributed by atoms with Gasteiger partial charge in [-0.05, 0) is 37.2 Å². The normalized spacial score (nSPS) is 23.0. The highest BCUT2D eigenvalue weighted by atomic mass is 19.4. The van der Waals surface area contributed by atoms with Gasteiger partial charge in [-0.15, -0.1) is 13.2 Å². The van der Waals surface area contributed by atoms with Gasteiger partial charge in [0.15, 0.2) is 0 Å². The number of nitrogens with one attached hydrogen (secondary N) is 1. The number of carbonyl (C=O) groups excluding carboxylic acids is 1. The average molecular weight is 438 g/mol. The number of carbonyl (C=O) groups is 1. The number of pyridine rings is 1. The van der Waals surface area contributed by atoms with Crippen LogP contribution < -0.4 is 4.74 Å². The second-order valence-corrected chi connectivity index (χ2v) is 8.97. The summed E-state index contributed by atoms with van der Waals surface area (Å²) in [6.45, 7) is 2.96. The van der Waals surface area contributed by atoms with Crippen molar-refractivity contribution in [2.45, 2.75) is 38.0 Å². The molecule has 2 amide bonds. The van der Waals surface area contributed by atoms with Gasteiger partial charge in [-0.3, -0.25) is 5.10 Å². The maximum atomic E-state index is 12.8. The third-order valence-corrected chi connectivity index (χ3v) is 6.59. The third kappa shape index (κ3) is 4.17. The van der Waals surface area contributed by atoms with Crippen LogP contribution >= 0.6 is 0 Å². The number of hydrogen-bond acceptors (Lipinski definition) is 5. The summed E-state index contributed by atoms with van der Waals surface area (Å²) in [7, 11) is 0. The molecule has 0 bridgehead atoms. The fraction of sp³-hybridized carbons (Fsp3) is 0.600. The first-order valence-electron chi connectivity index (χ1n) is 10.4. The molecule has 2 aromatic rings. The van der Waals surface area contributed by atoms with Gasteiger partial charge in [0, 0.05) is 51.2 Å². The number of amides is 2. The molecule has 168 valence electrons. The minimum atomic E-state index is -4.73. The number of aromatic nitrogens is 4. The summed E-state index contributed by atoms with van der Waals surface area (Å²) < 4.78 is 40.5. The summed E-state index contributed by atoms with van der Waals surface area (Å²) in [4.78, 5) is 24.5. The van der Waals surface area contributed by atoms with Crippen LogP contribution in [0.25, 0.3) is 0 Å². The van der Waals surface area contributed by atoms with E-state index in [1.165, 1.54) is 18.6 Å². The summed E-state index contributed by atoms with van der Waals surface area (Å²) in [6, 6.07) is 2.98. The van der Waals surface area contributed by atoms with Gasteiger partial charge >= 0.3 is 12.4 Å². The Labute approximate surface area is 178 Å². The molecular formula is C20H25F3N6O2. The van der Waals surface area contributed by atoms with Crippen LogP contribution in [0.15, 0.2) is 24.7 Å². The SMILES string of the molecule is O=C(N1CC[C@H](c2ncn[nH]2)C1)N1CC2(CC(Cc3ccc(OC(F)(F)F)nc3)C2)C1.[HH]. The lowest BCUT2D eigenvalue weighted by molar-refractivity contribution is -0.276. The van der Waals surface area contributed by atoms with Crippen LogP contribution in [-0.2, 0) is 6.42 Å². The van der Waals surface area contributed by atoms with Crippen LogP contribution in [-0.4, -0.2) is 68.5 Å². The quantitative estimate of drug-likeness (QED) is 0.792. The lowest BCUT2D eigenvalue weighted by atomic mass is 9.56. The van der Waals surface area contributed by atoms with Gasteiger partial charge in [0.05, 0.1) is 0 Å². The van der Waals surface area contributed by atoms with E-state index in [4.69, 9.17) is 0 Å². The van der Waals surface area contributed by atoms with E-state index in [0.29, 0.717) is 12.5 Å². The largest absolute Gasteiger partial charge is 0.574 e. The summed E-state index contributed by atoms with van der Waals surface area (Å²) in [6.07, 6.45) is 1.93. The van der Waals surface area contributed by atoms with Crippen molar-refractivity contribution in [2.75, 3.05) is 26.2 Å². The van der Waals surface area contributed by atoms with Crippen LogP contribution in [0.2, 0.25) is 0 Å². The molecule has 3 aliphatic rings. The molecule has 2 aliphatic heterocycles. The maximum absolute atomic E-state index is 12.8. The van der Waals surface area contributed by atoms with Crippen LogP contribution in [0.3, 0.4) is 0 Å². The molecule has 1 atom stereocenters. The number of nitrogens with zero attached hydrogens (tertiary/aromatic N) is 5. The Kier molecular flexibility index (Phi) is 4.78. The van der Waals surface area contributed by atoms with E-state index >= 15 is 0 Å². The first-order chi connectivity index (χ1) is 14.8. The smallest absolute Gasteiger partial charge is 0.388 e. The van der Waals surface area contributed by atoms with Gasteiger partial charge < -0.3 is 14.5 Å². The minimum absolute atomic E-state index is 0. The average Bonchev–Trinajstić information content (AvgIpc) is 3.33. The van der Waals surface area contributed by atoms with Crippen molar-refractivity contribution >= 4 is 6.03 Å².